The number of hydrogen-bond donors (Lipinski definition) is 2. The van der Waals surface area contributed by atoms with Crippen LogP contribution in [0.3, 0.4) is 0 Å². The molecule has 0 aliphatic carbocycles. The van der Waals surface area contributed by atoms with Crippen molar-refractivity contribution in [1.29, 1.82) is 0 Å². The molecular formula is C15H14F2N2O3S. The first-order chi connectivity index (χ1) is 10.7. The van der Waals surface area contributed by atoms with Gasteiger partial charge in [0.15, 0.2) is 0 Å². The molecular weight excluding hydrogens is 326 g/mol. The standard InChI is InChI=1S/C15H14F2N2O3S/c1-9(10-2-5-12(6-3-10)23(18,21)22)19-15(20)13-7-4-11(16)8-14(13)17/h2-9H,1H3,(H,19,20)(H2,18,21,22)/t9-/m0/s1. The second kappa shape index (κ2) is 6.43. The molecule has 3 N–H and O–H groups in total. The molecule has 0 heterocycles. The lowest BCUT2D eigenvalue weighted by Gasteiger charge is -2.15. The number of sulfonamides is 1. The summed E-state index contributed by atoms with van der Waals surface area (Å²) in [6, 6.07) is 7.76. The summed E-state index contributed by atoms with van der Waals surface area (Å²) in [4.78, 5) is 11.9. The quantitative estimate of drug-likeness (QED) is 0.893. The summed E-state index contributed by atoms with van der Waals surface area (Å²) in [5.74, 6) is -2.43. The Hall–Kier alpha value is -2.32. The molecule has 23 heavy (non-hydrogen) atoms. The summed E-state index contributed by atoms with van der Waals surface area (Å²) < 4.78 is 48.8. The first kappa shape index (κ1) is 17.0. The third kappa shape index (κ3) is 4.11. The zero-order chi connectivity index (χ0) is 17.2. The zero-order valence-electron chi connectivity index (χ0n) is 12.1. The van der Waals surface area contributed by atoms with Gasteiger partial charge in [-0.15, -0.1) is 0 Å². The van der Waals surface area contributed by atoms with E-state index in [1.54, 1.807) is 6.92 Å². The fraction of sp³-hybridized carbons (Fsp3) is 0.133. The number of carbonyl (C=O) groups is 1. The van der Waals surface area contributed by atoms with Crippen LogP contribution in [0.15, 0.2) is 47.4 Å². The van der Waals surface area contributed by atoms with Gasteiger partial charge in [0.25, 0.3) is 5.91 Å². The fourth-order valence-electron chi connectivity index (χ4n) is 1.98. The van der Waals surface area contributed by atoms with Crippen molar-refractivity contribution in [3.8, 4) is 0 Å². The molecule has 1 amide bonds. The van der Waals surface area contributed by atoms with Crippen molar-refractivity contribution < 1.29 is 22.0 Å². The summed E-state index contributed by atoms with van der Waals surface area (Å²) in [6.07, 6.45) is 0. The Bertz CT molecular complexity index is 836. The number of benzene rings is 2. The SMILES string of the molecule is C[C@H](NC(=O)c1ccc(F)cc1F)c1ccc(S(N)(=O)=O)cc1. The normalized spacial score (nSPS) is 12.7. The number of hydrogen-bond acceptors (Lipinski definition) is 3. The van der Waals surface area contributed by atoms with Gasteiger partial charge in [0.05, 0.1) is 16.5 Å². The molecule has 8 heteroatoms. The molecule has 122 valence electrons. The van der Waals surface area contributed by atoms with Gasteiger partial charge in [0.2, 0.25) is 10.0 Å². The highest BCUT2D eigenvalue weighted by atomic mass is 32.2. The molecule has 0 unspecified atom stereocenters. The van der Waals surface area contributed by atoms with Crippen LogP contribution in [0, 0.1) is 11.6 Å². The van der Waals surface area contributed by atoms with E-state index < -0.39 is 33.6 Å². The van der Waals surface area contributed by atoms with Crippen LogP contribution in [0.1, 0.15) is 28.9 Å². The number of amides is 1. The minimum Gasteiger partial charge on any atom is -0.345 e. The van der Waals surface area contributed by atoms with Crippen LogP contribution in [-0.2, 0) is 10.0 Å². The molecule has 2 aromatic carbocycles. The number of carbonyl (C=O) groups excluding carboxylic acids is 1. The van der Waals surface area contributed by atoms with Gasteiger partial charge in [0, 0.05) is 6.07 Å². The van der Waals surface area contributed by atoms with Gasteiger partial charge in [0.1, 0.15) is 11.6 Å². The molecule has 2 aromatic rings. The van der Waals surface area contributed by atoms with Gasteiger partial charge >= 0.3 is 0 Å². The average Bonchev–Trinajstić information content (AvgIpc) is 2.46. The molecule has 0 saturated heterocycles. The summed E-state index contributed by atoms with van der Waals surface area (Å²) in [5, 5.41) is 7.55. The number of nitrogens with two attached hydrogens (primary N) is 1. The highest BCUT2D eigenvalue weighted by Crippen LogP contribution is 2.17. The predicted octanol–water partition coefficient (Wildman–Crippen LogP) is 2.10. The van der Waals surface area contributed by atoms with E-state index in [1.165, 1.54) is 24.3 Å². The van der Waals surface area contributed by atoms with Gasteiger partial charge in [-0.25, -0.2) is 22.3 Å². The lowest BCUT2D eigenvalue weighted by atomic mass is 10.1. The lowest BCUT2D eigenvalue weighted by molar-refractivity contribution is 0.0935. The van der Waals surface area contributed by atoms with E-state index >= 15 is 0 Å². The number of rotatable bonds is 4. The van der Waals surface area contributed by atoms with Crippen molar-refractivity contribution >= 4 is 15.9 Å². The number of nitrogens with one attached hydrogen (secondary N) is 1. The molecule has 2 rings (SSSR count). The largest absolute Gasteiger partial charge is 0.345 e. The van der Waals surface area contributed by atoms with Crippen molar-refractivity contribution in [3.63, 3.8) is 0 Å². The molecule has 5 nitrogen and oxygen atoms in total. The Labute approximate surface area is 132 Å². The molecule has 0 spiro atoms. The Morgan fingerprint density at radius 1 is 1.13 bits per heavy atom. The lowest BCUT2D eigenvalue weighted by Crippen LogP contribution is -2.27. The maximum atomic E-state index is 13.6. The van der Waals surface area contributed by atoms with Crippen LogP contribution in [0.2, 0.25) is 0 Å². The van der Waals surface area contributed by atoms with E-state index in [4.69, 9.17) is 5.14 Å². The second-order valence-electron chi connectivity index (χ2n) is 4.93. The van der Waals surface area contributed by atoms with Crippen LogP contribution in [-0.4, -0.2) is 14.3 Å². The van der Waals surface area contributed by atoms with E-state index in [9.17, 15) is 22.0 Å². The summed E-state index contributed by atoms with van der Waals surface area (Å²) >= 11 is 0. The van der Waals surface area contributed by atoms with E-state index in [-0.39, 0.29) is 10.5 Å². The minimum atomic E-state index is -3.79. The van der Waals surface area contributed by atoms with E-state index in [1.807, 2.05) is 0 Å². The Balaban J connectivity index is 2.15. The van der Waals surface area contributed by atoms with Crippen LogP contribution in [0.25, 0.3) is 0 Å². The number of primary sulfonamides is 1. The van der Waals surface area contributed by atoms with Crippen LogP contribution < -0.4 is 10.5 Å². The van der Waals surface area contributed by atoms with Gasteiger partial charge < -0.3 is 5.32 Å². The van der Waals surface area contributed by atoms with Crippen molar-refractivity contribution in [2.45, 2.75) is 17.9 Å². The second-order valence-corrected chi connectivity index (χ2v) is 6.49. The third-order valence-electron chi connectivity index (χ3n) is 3.23. The Morgan fingerprint density at radius 3 is 2.26 bits per heavy atom. The van der Waals surface area contributed by atoms with Crippen LogP contribution in [0.4, 0.5) is 8.78 Å². The Morgan fingerprint density at radius 2 is 1.74 bits per heavy atom. The maximum absolute atomic E-state index is 13.6. The fourth-order valence-corrected chi connectivity index (χ4v) is 2.49. The molecule has 0 aliphatic heterocycles. The topological polar surface area (TPSA) is 89.3 Å². The molecule has 0 radical (unpaired) electrons. The van der Waals surface area contributed by atoms with Gasteiger partial charge in [-0.1, -0.05) is 12.1 Å². The van der Waals surface area contributed by atoms with Crippen LogP contribution >= 0.6 is 0 Å². The summed E-state index contributed by atoms with van der Waals surface area (Å²) in [7, 11) is -3.79. The predicted molar refractivity (Wildman–Crippen MR) is 80.1 cm³/mol. The molecule has 0 aromatic heterocycles. The molecule has 1 atom stereocenters. The average molecular weight is 340 g/mol. The highest BCUT2D eigenvalue weighted by Gasteiger charge is 2.16. The van der Waals surface area contributed by atoms with Crippen molar-refractivity contribution in [2.75, 3.05) is 0 Å². The van der Waals surface area contributed by atoms with Crippen molar-refractivity contribution in [1.82, 2.24) is 5.32 Å². The van der Waals surface area contributed by atoms with E-state index in [2.05, 4.69) is 5.32 Å². The molecule has 0 bridgehead atoms. The van der Waals surface area contributed by atoms with E-state index in [0.29, 0.717) is 11.6 Å². The van der Waals surface area contributed by atoms with Gasteiger partial charge in [-0.3, -0.25) is 4.79 Å². The summed E-state index contributed by atoms with van der Waals surface area (Å²) in [6.45, 7) is 1.64. The third-order valence-corrected chi connectivity index (χ3v) is 4.16. The monoisotopic (exact) mass is 340 g/mol. The Kier molecular flexibility index (Phi) is 4.76. The van der Waals surface area contributed by atoms with Crippen molar-refractivity contribution in [3.05, 3.63) is 65.2 Å². The first-order valence-corrected chi connectivity index (χ1v) is 8.12. The van der Waals surface area contributed by atoms with Gasteiger partial charge in [-0.2, -0.15) is 0 Å². The first-order valence-electron chi connectivity index (χ1n) is 6.57. The molecule has 0 fully saturated rings. The van der Waals surface area contributed by atoms with Crippen LogP contribution in [0.5, 0.6) is 0 Å². The van der Waals surface area contributed by atoms with Crippen molar-refractivity contribution in [2.24, 2.45) is 5.14 Å². The van der Waals surface area contributed by atoms with E-state index in [0.717, 1.165) is 12.1 Å². The van der Waals surface area contributed by atoms with Gasteiger partial charge in [-0.05, 0) is 36.8 Å². The molecule has 0 saturated carbocycles. The smallest absolute Gasteiger partial charge is 0.254 e. The molecule has 0 aliphatic rings. The minimum absolute atomic E-state index is 0.0515. The highest BCUT2D eigenvalue weighted by molar-refractivity contribution is 7.89. The summed E-state index contributed by atoms with van der Waals surface area (Å²) in [5.41, 5.74) is 0.327. The maximum Gasteiger partial charge on any atom is 0.254 e. The zero-order valence-corrected chi connectivity index (χ0v) is 12.9. The number of halogens is 2.